The summed E-state index contributed by atoms with van der Waals surface area (Å²) >= 11 is 0. The van der Waals surface area contributed by atoms with Crippen molar-refractivity contribution in [2.75, 3.05) is 0 Å². The molecule has 0 unspecified atom stereocenters. The van der Waals surface area contributed by atoms with Crippen LogP contribution in [0, 0.1) is 35.5 Å². The largest absolute Gasteiger partial charge is 0.330 e. The maximum Gasteiger partial charge on any atom is 0.274 e. The Hall–Kier alpha value is -1.98. The van der Waals surface area contributed by atoms with Crippen LogP contribution >= 0.6 is 0 Å². The van der Waals surface area contributed by atoms with Gasteiger partial charge in [-0.1, -0.05) is 38.5 Å². The Morgan fingerprint density at radius 2 is 0.955 bits per heavy atom. The Kier molecular flexibility index (Phi) is 6.93. The molecule has 10 aliphatic carbocycles. The SMILES string of the molecule is O=C(c1cncnc1C(=O)N(C1CCCCC1)C12CC3CC(CC(C3)C1)C2)N(C1CCCCC1)C12CC3CC(CC(C3)C1)C2. The second-order valence-corrected chi connectivity index (χ2v) is 17.5. The van der Waals surface area contributed by atoms with E-state index in [1.165, 1.54) is 96.3 Å². The van der Waals surface area contributed by atoms with Gasteiger partial charge in [0.1, 0.15) is 12.0 Å². The molecular formula is C38H54N4O2. The van der Waals surface area contributed by atoms with Crippen LogP contribution < -0.4 is 0 Å². The standard InChI is InChI=1S/C38H54N4O2/c43-35(41(31-7-3-1-4-8-31)37-17-25-11-26(18-37)13-27(12-25)19-37)33-23-39-24-40-34(33)36(44)42(32-9-5-2-6-10-32)38-20-28-14-29(21-38)16-30(15-28)22-38/h23-32H,1-22H2. The van der Waals surface area contributed by atoms with Gasteiger partial charge in [-0.2, -0.15) is 0 Å². The lowest BCUT2D eigenvalue weighted by Crippen LogP contribution is -2.65. The van der Waals surface area contributed by atoms with Crippen molar-refractivity contribution in [3.8, 4) is 0 Å². The Morgan fingerprint density at radius 1 is 0.568 bits per heavy atom. The van der Waals surface area contributed by atoms with Crippen LogP contribution in [0.5, 0.6) is 0 Å². The fraction of sp³-hybridized carbons (Fsp3) is 0.842. The molecule has 2 amide bonds. The molecule has 0 N–H and O–H groups in total. The lowest BCUT2D eigenvalue weighted by atomic mass is 9.52. The van der Waals surface area contributed by atoms with E-state index in [1.54, 1.807) is 12.5 Å². The van der Waals surface area contributed by atoms with Crippen LogP contribution in [0.15, 0.2) is 12.5 Å². The van der Waals surface area contributed by atoms with Gasteiger partial charge in [-0.3, -0.25) is 9.59 Å². The van der Waals surface area contributed by atoms with Gasteiger partial charge in [0.05, 0.1) is 5.56 Å². The third-order valence-corrected chi connectivity index (χ3v) is 14.5. The molecule has 44 heavy (non-hydrogen) atoms. The molecule has 0 atom stereocenters. The monoisotopic (exact) mass is 598 g/mol. The minimum atomic E-state index is -0.0396. The van der Waals surface area contributed by atoms with Crippen molar-refractivity contribution in [3.05, 3.63) is 23.8 Å². The molecule has 10 aliphatic rings. The number of carbonyl (C=O) groups is 2. The van der Waals surface area contributed by atoms with Gasteiger partial charge in [0.15, 0.2) is 0 Å². The topological polar surface area (TPSA) is 66.4 Å². The van der Waals surface area contributed by atoms with Crippen molar-refractivity contribution in [2.45, 2.75) is 164 Å². The first-order valence-corrected chi connectivity index (χ1v) is 19.0. The van der Waals surface area contributed by atoms with Crippen LogP contribution in [0.1, 0.15) is 162 Å². The summed E-state index contributed by atoms with van der Waals surface area (Å²) in [5, 5.41) is 0. The summed E-state index contributed by atoms with van der Waals surface area (Å²) in [6, 6.07) is 0.566. The Morgan fingerprint density at radius 3 is 1.36 bits per heavy atom. The first kappa shape index (κ1) is 28.3. The highest BCUT2D eigenvalue weighted by atomic mass is 16.2. The van der Waals surface area contributed by atoms with Crippen molar-refractivity contribution >= 4 is 11.8 Å². The van der Waals surface area contributed by atoms with E-state index in [1.807, 2.05) is 0 Å². The molecule has 1 aromatic rings. The number of amides is 2. The van der Waals surface area contributed by atoms with Gasteiger partial charge in [-0.15, -0.1) is 0 Å². The fourth-order valence-corrected chi connectivity index (χ4v) is 13.8. The van der Waals surface area contributed by atoms with E-state index in [-0.39, 0.29) is 35.0 Å². The molecule has 0 radical (unpaired) electrons. The number of rotatable bonds is 6. The minimum absolute atomic E-state index is 0.0347. The summed E-state index contributed by atoms with van der Waals surface area (Å²) in [6.07, 6.45) is 30.2. The molecule has 1 aromatic heterocycles. The summed E-state index contributed by atoms with van der Waals surface area (Å²) in [6.45, 7) is 0. The fourth-order valence-electron chi connectivity index (χ4n) is 13.8. The zero-order chi connectivity index (χ0) is 29.5. The predicted molar refractivity (Wildman–Crippen MR) is 170 cm³/mol. The number of carbonyl (C=O) groups excluding carboxylic acids is 2. The van der Waals surface area contributed by atoms with E-state index in [9.17, 15) is 0 Å². The molecule has 0 aliphatic heterocycles. The van der Waals surface area contributed by atoms with Gasteiger partial charge in [0.25, 0.3) is 11.8 Å². The smallest absolute Gasteiger partial charge is 0.274 e. The van der Waals surface area contributed by atoms with Crippen molar-refractivity contribution in [2.24, 2.45) is 35.5 Å². The third-order valence-electron chi connectivity index (χ3n) is 14.5. The lowest BCUT2D eigenvalue weighted by molar-refractivity contribution is -0.0930. The molecule has 0 saturated heterocycles. The Labute approximate surface area is 264 Å². The first-order valence-electron chi connectivity index (χ1n) is 19.0. The van der Waals surface area contributed by atoms with Crippen molar-refractivity contribution in [1.82, 2.24) is 19.8 Å². The van der Waals surface area contributed by atoms with Crippen molar-refractivity contribution < 1.29 is 9.59 Å². The molecule has 0 spiro atoms. The highest BCUT2D eigenvalue weighted by Gasteiger charge is 2.58. The van der Waals surface area contributed by atoms with Gasteiger partial charge in [-0.25, -0.2) is 9.97 Å². The van der Waals surface area contributed by atoms with Gasteiger partial charge >= 0.3 is 0 Å². The Bertz CT molecular complexity index is 1110. The molecular weight excluding hydrogens is 544 g/mol. The molecule has 11 rings (SSSR count). The number of hydrogen-bond acceptors (Lipinski definition) is 4. The molecule has 10 saturated carbocycles. The highest BCUT2D eigenvalue weighted by Crippen LogP contribution is 2.60. The molecule has 6 heteroatoms. The van der Waals surface area contributed by atoms with Gasteiger partial charge in [0, 0.05) is 29.4 Å². The van der Waals surface area contributed by atoms with Gasteiger partial charge < -0.3 is 9.80 Å². The van der Waals surface area contributed by atoms with Crippen LogP contribution in [-0.2, 0) is 0 Å². The van der Waals surface area contributed by atoms with E-state index in [0.29, 0.717) is 11.3 Å². The average molecular weight is 599 g/mol. The quantitative estimate of drug-likeness (QED) is 0.333. The maximum absolute atomic E-state index is 15.2. The lowest BCUT2D eigenvalue weighted by Gasteiger charge is -2.62. The zero-order valence-corrected chi connectivity index (χ0v) is 26.9. The van der Waals surface area contributed by atoms with Crippen molar-refractivity contribution in [3.63, 3.8) is 0 Å². The molecule has 6 nitrogen and oxygen atoms in total. The summed E-state index contributed by atoms with van der Waals surface area (Å²) in [4.78, 5) is 44.4. The molecule has 1 heterocycles. The summed E-state index contributed by atoms with van der Waals surface area (Å²) in [7, 11) is 0. The molecule has 0 aromatic carbocycles. The van der Waals surface area contributed by atoms with E-state index >= 15 is 9.59 Å². The van der Waals surface area contributed by atoms with E-state index in [2.05, 4.69) is 14.8 Å². The maximum atomic E-state index is 15.2. The van der Waals surface area contributed by atoms with Gasteiger partial charge in [0.2, 0.25) is 0 Å². The summed E-state index contributed by atoms with van der Waals surface area (Å²) in [5.74, 6) is 4.75. The summed E-state index contributed by atoms with van der Waals surface area (Å²) < 4.78 is 0. The van der Waals surface area contributed by atoms with Crippen molar-refractivity contribution in [1.29, 1.82) is 0 Å². The Balaban J connectivity index is 1.10. The number of nitrogens with zero attached hydrogens (tertiary/aromatic N) is 4. The number of hydrogen-bond donors (Lipinski definition) is 0. The second kappa shape index (κ2) is 10.8. The van der Waals surface area contributed by atoms with Gasteiger partial charge in [-0.05, 0) is 138 Å². The third kappa shape index (κ3) is 4.61. The van der Waals surface area contributed by atoms with E-state index in [0.717, 1.165) is 80.5 Å². The molecule has 238 valence electrons. The number of aromatic nitrogens is 2. The molecule has 10 fully saturated rings. The normalized spacial score (nSPS) is 41.2. The second-order valence-electron chi connectivity index (χ2n) is 17.5. The predicted octanol–water partition coefficient (Wildman–Crippen LogP) is 7.96. The van der Waals surface area contributed by atoms with Crippen LogP contribution in [0.4, 0.5) is 0 Å². The first-order chi connectivity index (χ1) is 21.5. The summed E-state index contributed by atoms with van der Waals surface area (Å²) in [5.41, 5.74) is 0.843. The van der Waals surface area contributed by atoms with Crippen LogP contribution in [0.3, 0.4) is 0 Å². The molecule has 8 bridgehead atoms. The highest BCUT2D eigenvalue weighted by molar-refractivity contribution is 6.06. The van der Waals surface area contributed by atoms with Crippen LogP contribution in [0.25, 0.3) is 0 Å². The minimum Gasteiger partial charge on any atom is -0.330 e. The zero-order valence-electron chi connectivity index (χ0n) is 26.9. The van der Waals surface area contributed by atoms with Crippen LogP contribution in [0.2, 0.25) is 0 Å². The van der Waals surface area contributed by atoms with E-state index < -0.39 is 0 Å². The average Bonchev–Trinajstić information content (AvgIpc) is 3.01. The van der Waals surface area contributed by atoms with E-state index in [4.69, 9.17) is 4.98 Å². The van der Waals surface area contributed by atoms with Crippen LogP contribution in [-0.4, -0.2) is 54.7 Å².